The van der Waals surface area contributed by atoms with E-state index >= 15 is 0 Å². The average molecular weight is 406 g/mol. The van der Waals surface area contributed by atoms with E-state index < -0.39 is 0 Å². The minimum absolute atomic E-state index is 0.00290. The van der Waals surface area contributed by atoms with Crippen molar-refractivity contribution in [1.82, 2.24) is 25.1 Å². The van der Waals surface area contributed by atoms with Gasteiger partial charge in [0.1, 0.15) is 0 Å². The Labute approximate surface area is 174 Å². The maximum absolute atomic E-state index is 12.3. The largest absolute Gasteiger partial charge is 0.361 e. The second-order valence-electron chi connectivity index (χ2n) is 7.08. The SMILES string of the molecule is Cc1cccc(-c2n[nH]c(=S)n2CCC(=O)NCCc2c[nH]c3ccccc23)c1. The van der Waals surface area contributed by atoms with Crippen molar-refractivity contribution in [3.05, 3.63) is 70.6 Å². The molecule has 0 saturated heterocycles. The van der Waals surface area contributed by atoms with E-state index in [0.29, 0.717) is 24.3 Å². The third kappa shape index (κ3) is 4.30. The molecule has 0 saturated carbocycles. The molecule has 0 aliphatic carbocycles. The van der Waals surface area contributed by atoms with Crippen molar-refractivity contribution in [2.75, 3.05) is 6.54 Å². The standard InChI is InChI=1S/C22H23N5OS/c1-15-5-4-6-16(13-15)21-25-26-22(29)27(21)12-10-20(28)23-11-9-17-14-24-19-8-3-2-7-18(17)19/h2-8,13-14,24H,9-12H2,1H3,(H,23,28)(H,26,29). The summed E-state index contributed by atoms with van der Waals surface area (Å²) in [6, 6.07) is 16.3. The van der Waals surface area contributed by atoms with E-state index in [4.69, 9.17) is 12.2 Å². The van der Waals surface area contributed by atoms with Gasteiger partial charge in [-0.25, -0.2) is 0 Å². The highest BCUT2D eigenvalue weighted by molar-refractivity contribution is 7.71. The zero-order valence-electron chi connectivity index (χ0n) is 16.2. The molecule has 2 aromatic heterocycles. The summed E-state index contributed by atoms with van der Waals surface area (Å²) in [4.78, 5) is 15.6. The first kappa shape index (κ1) is 19.1. The van der Waals surface area contributed by atoms with Crippen LogP contribution in [0, 0.1) is 11.7 Å². The van der Waals surface area contributed by atoms with Crippen LogP contribution in [-0.4, -0.2) is 32.2 Å². The van der Waals surface area contributed by atoms with Crippen molar-refractivity contribution in [2.45, 2.75) is 26.3 Å². The molecule has 148 valence electrons. The Kier molecular flexibility index (Phi) is 5.57. The number of hydrogen-bond acceptors (Lipinski definition) is 3. The molecule has 0 atom stereocenters. The minimum atomic E-state index is 0.00290. The predicted molar refractivity (Wildman–Crippen MR) is 117 cm³/mol. The summed E-state index contributed by atoms with van der Waals surface area (Å²) in [5.41, 5.74) is 4.46. The summed E-state index contributed by atoms with van der Waals surface area (Å²) >= 11 is 5.35. The summed E-state index contributed by atoms with van der Waals surface area (Å²) in [5.74, 6) is 0.758. The van der Waals surface area contributed by atoms with Gasteiger partial charge in [0.15, 0.2) is 10.6 Å². The molecule has 3 N–H and O–H groups in total. The molecule has 0 aliphatic rings. The van der Waals surface area contributed by atoms with Crippen LogP contribution in [0.2, 0.25) is 0 Å². The van der Waals surface area contributed by atoms with Crippen LogP contribution in [0.1, 0.15) is 17.5 Å². The number of aryl methyl sites for hydroxylation is 1. The van der Waals surface area contributed by atoms with E-state index in [2.05, 4.69) is 38.7 Å². The topological polar surface area (TPSA) is 78.5 Å². The van der Waals surface area contributed by atoms with Crippen molar-refractivity contribution in [2.24, 2.45) is 0 Å². The van der Waals surface area contributed by atoms with Gasteiger partial charge >= 0.3 is 0 Å². The van der Waals surface area contributed by atoms with E-state index in [1.807, 2.05) is 48.0 Å². The number of aromatic amines is 2. The van der Waals surface area contributed by atoms with Crippen LogP contribution in [0.4, 0.5) is 0 Å². The number of nitrogens with one attached hydrogen (secondary N) is 3. The first-order chi connectivity index (χ1) is 14.1. The molecule has 29 heavy (non-hydrogen) atoms. The fourth-order valence-corrected chi connectivity index (χ4v) is 3.73. The fourth-order valence-electron chi connectivity index (χ4n) is 3.51. The smallest absolute Gasteiger partial charge is 0.221 e. The van der Waals surface area contributed by atoms with Gasteiger partial charge in [-0.2, -0.15) is 5.10 Å². The lowest BCUT2D eigenvalue weighted by molar-refractivity contribution is -0.121. The van der Waals surface area contributed by atoms with Gasteiger partial charge in [-0.1, -0.05) is 42.0 Å². The molecule has 2 aromatic carbocycles. The van der Waals surface area contributed by atoms with E-state index in [9.17, 15) is 4.79 Å². The van der Waals surface area contributed by atoms with Crippen LogP contribution in [0.3, 0.4) is 0 Å². The lowest BCUT2D eigenvalue weighted by Gasteiger charge is -2.08. The summed E-state index contributed by atoms with van der Waals surface area (Å²) in [5, 5.41) is 11.4. The zero-order valence-corrected chi connectivity index (χ0v) is 17.1. The Morgan fingerprint density at radius 3 is 2.93 bits per heavy atom. The molecular weight excluding hydrogens is 382 g/mol. The molecule has 0 aliphatic heterocycles. The number of fused-ring (bicyclic) bond motifs is 1. The second-order valence-corrected chi connectivity index (χ2v) is 7.47. The maximum Gasteiger partial charge on any atom is 0.221 e. The molecule has 0 radical (unpaired) electrons. The summed E-state index contributed by atoms with van der Waals surface area (Å²) < 4.78 is 2.40. The van der Waals surface area contributed by atoms with Crippen LogP contribution in [0.25, 0.3) is 22.3 Å². The van der Waals surface area contributed by atoms with Gasteiger partial charge in [0, 0.05) is 42.2 Å². The van der Waals surface area contributed by atoms with Crippen molar-refractivity contribution >= 4 is 29.0 Å². The van der Waals surface area contributed by atoms with E-state index in [-0.39, 0.29) is 5.91 Å². The molecular formula is C22H23N5OS. The number of para-hydroxylation sites is 1. The molecule has 7 heteroatoms. The third-order valence-electron chi connectivity index (χ3n) is 4.99. The summed E-state index contributed by atoms with van der Waals surface area (Å²) in [6.45, 7) is 3.12. The van der Waals surface area contributed by atoms with Crippen LogP contribution in [0.15, 0.2) is 54.7 Å². The Balaban J connectivity index is 1.34. The fraction of sp³-hybridized carbons (Fsp3) is 0.227. The van der Waals surface area contributed by atoms with Crippen molar-refractivity contribution in [3.8, 4) is 11.4 Å². The Morgan fingerprint density at radius 2 is 2.07 bits per heavy atom. The molecule has 2 heterocycles. The highest BCUT2D eigenvalue weighted by Gasteiger charge is 2.11. The number of hydrogen-bond donors (Lipinski definition) is 3. The van der Waals surface area contributed by atoms with Gasteiger partial charge in [0.05, 0.1) is 0 Å². The van der Waals surface area contributed by atoms with Gasteiger partial charge in [-0.3, -0.25) is 14.5 Å². The van der Waals surface area contributed by atoms with Crippen LogP contribution in [-0.2, 0) is 17.8 Å². The number of nitrogens with zero attached hydrogens (tertiary/aromatic N) is 2. The van der Waals surface area contributed by atoms with Crippen molar-refractivity contribution < 1.29 is 4.79 Å². The number of benzene rings is 2. The molecule has 6 nitrogen and oxygen atoms in total. The quantitative estimate of drug-likeness (QED) is 0.404. The van der Waals surface area contributed by atoms with E-state index in [0.717, 1.165) is 28.9 Å². The molecule has 1 amide bonds. The number of aromatic nitrogens is 4. The van der Waals surface area contributed by atoms with Crippen LogP contribution in [0.5, 0.6) is 0 Å². The lowest BCUT2D eigenvalue weighted by Crippen LogP contribution is -2.26. The number of rotatable bonds is 7. The molecule has 0 unspecified atom stereocenters. The lowest BCUT2D eigenvalue weighted by atomic mass is 10.1. The molecule has 4 aromatic rings. The number of amides is 1. The highest BCUT2D eigenvalue weighted by Crippen LogP contribution is 2.19. The van der Waals surface area contributed by atoms with Crippen molar-refractivity contribution in [1.29, 1.82) is 0 Å². The van der Waals surface area contributed by atoms with Gasteiger partial charge in [-0.15, -0.1) is 0 Å². The van der Waals surface area contributed by atoms with Crippen molar-refractivity contribution in [3.63, 3.8) is 0 Å². The Morgan fingerprint density at radius 1 is 1.21 bits per heavy atom. The maximum atomic E-state index is 12.3. The Hall–Kier alpha value is -3.19. The second kappa shape index (κ2) is 8.45. The number of H-pyrrole nitrogens is 2. The molecule has 0 fully saturated rings. The van der Waals surface area contributed by atoms with E-state index in [1.165, 1.54) is 10.9 Å². The predicted octanol–water partition coefficient (Wildman–Crippen LogP) is 4.15. The monoisotopic (exact) mass is 405 g/mol. The van der Waals surface area contributed by atoms with E-state index in [1.54, 1.807) is 0 Å². The third-order valence-corrected chi connectivity index (χ3v) is 5.30. The highest BCUT2D eigenvalue weighted by atomic mass is 32.1. The minimum Gasteiger partial charge on any atom is -0.361 e. The normalized spacial score (nSPS) is 11.1. The number of carbonyl (C=O) groups is 1. The zero-order chi connectivity index (χ0) is 20.2. The van der Waals surface area contributed by atoms with Crippen LogP contribution >= 0.6 is 12.2 Å². The van der Waals surface area contributed by atoms with Crippen LogP contribution < -0.4 is 5.32 Å². The van der Waals surface area contributed by atoms with Gasteiger partial charge < -0.3 is 10.3 Å². The first-order valence-electron chi connectivity index (χ1n) is 9.66. The average Bonchev–Trinajstić information content (AvgIpc) is 3.30. The summed E-state index contributed by atoms with van der Waals surface area (Å²) in [6.07, 6.45) is 3.14. The first-order valence-corrected chi connectivity index (χ1v) is 10.1. The molecule has 0 spiro atoms. The molecule has 4 rings (SSSR count). The van der Waals surface area contributed by atoms with Gasteiger partial charge in [-0.05, 0) is 43.3 Å². The molecule has 0 bridgehead atoms. The Bertz CT molecular complexity index is 1200. The summed E-state index contributed by atoms with van der Waals surface area (Å²) in [7, 11) is 0. The van der Waals surface area contributed by atoms with Gasteiger partial charge in [0.2, 0.25) is 5.91 Å². The van der Waals surface area contributed by atoms with Gasteiger partial charge in [0.25, 0.3) is 0 Å². The number of carbonyl (C=O) groups excluding carboxylic acids is 1.